The van der Waals surface area contributed by atoms with Crippen molar-refractivity contribution in [3.05, 3.63) is 88.0 Å². The molecule has 0 bridgehead atoms. The van der Waals surface area contributed by atoms with E-state index < -0.39 is 0 Å². The van der Waals surface area contributed by atoms with Crippen molar-refractivity contribution in [2.24, 2.45) is 0 Å². The van der Waals surface area contributed by atoms with Crippen LogP contribution in [0.4, 0.5) is 17.2 Å². The Morgan fingerprint density at radius 2 is 1.63 bits per heavy atom. The zero-order valence-corrected chi connectivity index (χ0v) is 23.4. The zero-order chi connectivity index (χ0) is 26.6. The number of methoxy groups -OCH3 is 2. The summed E-state index contributed by atoms with van der Waals surface area (Å²) in [5.41, 5.74) is 3.89. The molecule has 2 aromatic heterocycles. The van der Waals surface area contributed by atoms with E-state index in [1.54, 1.807) is 56.1 Å². The summed E-state index contributed by atoms with van der Waals surface area (Å²) < 4.78 is 12.3. The van der Waals surface area contributed by atoms with Gasteiger partial charge in [0.05, 0.1) is 31.0 Å². The Bertz CT molecular complexity index is 1600. The number of carbonyl (C=O) groups excluding carboxylic acids is 1. The summed E-state index contributed by atoms with van der Waals surface area (Å²) in [6.45, 7) is 2.14. The van der Waals surface area contributed by atoms with Crippen molar-refractivity contribution in [1.82, 2.24) is 9.97 Å². The number of carbonyl (C=O) groups is 1. The smallest absolute Gasteiger partial charge is 0.255 e. The summed E-state index contributed by atoms with van der Waals surface area (Å²) in [6.07, 6.45) is 2.43. The van der Waals surface area contributed by atoms with Crippen molar-refractivity contribution in [3.63, 3.8) is 0 Å². The topological polar surface area (TPSA) is 85.4 Å². The van der Waals surface area contributed by atoms with Crippen molar-refractivity contribution in [1.29, 1.82) is 0 Å². The van der Waals surface area contributed by atoms with Gasteiger partial charge in [-0.1, -0.05) is 53.2 Å². The van der Waals surface area contributed by atoms with Crippen LogP contribution < -0.4 is 20.1 Å². The molecular formula is C29H25BrN4O3S. The van der Waals surface area contributed by atoms with E-state index in [1.807, 2.05) is 30.3 Å². The molecule has 5 aromatic rings. The van der Waals surface area contributed by atoms with Crippen LogP contribution in [0.5, 0.6) is 11.5 Å². The fraction of sp³-hybridized carbons (Fsp3) is 0.138. The van der Waals surface area contributed by atoms with Crippen LogP contribution in [0.15, 0.2) is 77.5 Å². The van der Waals surface area contributed by atoms with Crippen LogP contribution >= 0.6 is 27.3 Å². The first-order valence-electron chi connectivity index (χ1n) is 11.9. The minimum absolute atomic E-state index is 0.242. The lowest BCUT2D eigenvalue weighted by atomic mass is 10.0. The van der Waals surface area contributed by atoms with Crippen LogP contribution in [0.1, 0.15) is 22.2 Å². The third kappa shape index (κ3) is 5.07. The molecule has 0 atom stereocenters. The van der Waals surface area contributed by atoms with Gasteiger partial charge in [0.1, 0.15) is 28.5 Å². The van der Waals surface area contributed by atoms with Gasteiger partial charge in [0.15, 0.2) is 0 Å². The molecule has 2 heterocycles. The van der Waals surface area contributed by atoms with Crippen LogP contribution in [0.25, 0.3) is 21.3 Å². The number of aromatic nitrogens is 2. The van der Waals surface area contributed by atoms with Crippen molar-refractivity contribution in [2.75, 3.05) is 24.9 Å². The Hall–Kier alpha value is -3.95. The lowest BCUT2D eigenvalue weighted by molar-refractivity contribution is 0.102. The van der Waals surface area contributed by atoms with E-state index in [0.717, 1.165) is 32.2 Å². The van der Waals surface area contributed by atoms with Crippen molar-refractivity contribution in [2.45, 2.75) is 13.3 Å². The highest BCUT2D eigenvalue weighted by molar-refractivity contribution is 9.10. The standard InChI is InChI=1S/C29H25BrN4O3S/c1-4-24-25(17-10-12-19(30)13-11-17)26-27(31-16-32-29(26)38-24)33-20-14-23(37-3)21(15-22(20)36-2)34-28(35)18-8-6-5-7-9-18/h5-16H,4H2,1-3H3,(H,34,35)(H,31,32,33). The number of amides is 1. The number of hydrogen-bond donors (Lipinski definition) is 2. The largest absolute Gasteiger partial charge is 0.494 e. The first-order valence-corrected chi connectivity index (χ1v) is 13.5. The summed E-state index contributed by atoms with van der Waals surface area (Å²) in [7, 11) is 3.14. The molecule has 2 N–H and O–H groups in total. The van der Waals surface area contributed by atoms with Crippen molar-refractivity contribution in [3.8, 4) is 22.6 Å². The van der Waals surface area contributed by atoms with E-state index in [9.17, 15) is 4.79 Å². The molecule has 192 valence electrons. The molecule has 5 rings (SSSR count). The minimum atomic E-state index is -0.242. The maximum absolute atomic E-state index is 12.8. The van der Waals surface area contributed by atoms with Gasteiger partial charge in [0, 0.05) is 32.6 Å². The molecule has 3 aromatic carbocycles. The molecule has 0 spiro atoms. The van der Waals surface area contributed by atoms with E-state index in [2.05, 4.69) is 55.6 Å². The molecule has 0 unspecified atom stereocenters. The molecule has 0 saturated heterocycles. The fourth-order valence-corrected chi connectivity index (χ4v) is 5.61. The number of hydrogen-bond acceptors (Lipinski definition) is 7. The SMILES string of the molecule is CCc1sc2ncnc(Nc3cc(OC)c(NC(=O)c4ccccc4)cc3OC)c2c1-c1ccc(Br)cc1. The first kappa shape index (κ1) is 25.7. The number of halogens is 1. The van der Waals surface area contributed by atoms with Crippen molar-refractivity contribution >= 4 is 60.6 Å². The van der Waals surface area contributed by atoms with Gasteiger partial charge in [0.2, 0.25) is 0 Å². The third-order valence-corrected chi connectivity index (χ3v) is 7.84. The summed E-state index contributed by atoms with van der Waals surface area (Å²) in [5.74, 6) is 1.42. The van der Waals surface area contributed by atoms with Gasteiger partial charge in [-0.05, 0) is 36.2 Å². The second-order valence-corrected chi connectivity index (χ2v) is 10.4. The predicted octanol–water partition coefficient (Wildman–Crippen LogP) is 7.70. The Kier molecular flexibility index (Phi) is 7.57. The number of nitrogens with one attached hydrogen (secondary N) is 2. The van der Waals surface area contributed by atoms with Crippen LogP contribution in [-0.4, -0.2) is 30.1 Å². The summed E-state index contributed by atoms with van der Waals surface area (Å²) in [5, 5.41) is 7.30. The van der Waals surface area contributed by atoms with E-state index in [1.165, 1.54) is 4.88 Å². The molecule has 0 aliphatic carbocycles. The quantitative estimate of drug-likeness (QED) is 0.193. The van der Waals surface area contributed by atoms with E-state index >= 15 is 0 Å². The maximum atomic E-state index is 12.8. The monoisotopic (exact) mass is 588 g/mol. The molecule has 7 nitrogen and oxygen atoms in total. The van der Waals surface area contributed by atoms with Crippen molar-refractivity contribution < 1.29 is 14.3 Å². The third-order valence-electron chi connectivity index (χ3n) is 6.07. The average molecular weight is 590 g/mol. The van der Waals surface area contributed by atoms with E-state index in [-0.39, 0.29) is 5.91 Å². The molecule has 0 radical (unpaired) electrons. The highest BCUT2D eigenvalue weighted by atomic mass is 79.9. The van der Waals surface area contributed by atoms with Crippen LogP contribution in [-0.2, 0) is 6.42 Å². The molecule has 0 aliphatic heterocycles. The van der Waals surface area contributed by atoms with Gasteiger partial charge < -0.3 is 20.1 Å². The molecule has 38 heavy (non-hydrogen) atoms. The normalized spacial score (nSPS) is 10.8. The molecule has 9 heteroatoms. The molecule has 0 aliphatic rings. The first-order chi connectivity index (χ1) is 18.5. The minimum Gasteiger partial charge on any atom is -0.494 e. The van der Waals surface area contributed by atoms with Gasteiger partial charge in [-0.25, -0.2) is 9.97 Å². The summed E-state index contributed by atoms with van der Waals surface area (Å²) in [4.78, 5) is 24.1. The van der Waals surface area contributed by atoms with Gasteiger partial charge in [-0.15, -0.1) is 11.3 Å². The number of nitrogens with zero attached hydrogens (tertiary/aromatic N) is 2. The Balaban J connectivity index is 1.57. The van der Waals surface area contributed by atoms with Crippen LogP contribution in [0.3, 0.4) is 0 Å². The van der Waals surface area contributed by atoms with Crippen LogP contribution in [0.2, 0.25) is 0 Å². The number of benzene rings is 3. The van der Waals surface area contributed by atoms with Gasteiger partial charge in [0.25, 0.3) is 5.91 Å². The predicted molar refractivity (Wildman–Crippen MR) is 157 cm³/mol. The maximum Gasteiger partial charge on any atom is 0.255 e. The second-order valence-electron chi connectivity index (χ2n) is 8.36. The number of rotatable bonds is 8. The highest BCUT2D eigenvalue weighted by Crippen LogP contribution is 2.44. The molecular weight excluding hydrogens is 564 g/mol. The lowest BCUT2D eigenvalue weighted by Crippen LogP contribution is -2.13. The van der Waals surface area contributed by atoms with Crippen LogP contribution in [0, 0.1) is 0 Å². The van der Waals surface area contributed by atoms with Gasteiger partial charge in [-0.2, -0.15) is 0 Å². The Morgan fingerprint density at radius 3 is 2.32 bits per heavy atom. The Labute approximate surface area is 233 Å². The fourth-order valence-electron chi connectivity index (χ4n) is 4.25. The number of aryl methyl sites for hydroxylation is 1. The summed E-state index contributed by atoms with van der Waals surface area (Å²) in [6, 6.07) is 20.8. The lowest BCUT2D eigenvalue weighted by Gasteiger charge is -2.17. The number of ether oxygens (including phenoxy) is 2. The summed E-state index contributed by atoms with van der Waals surface area (Å²) >= 11 is 5.20. The average Bonchev–Trinajstić information content (AvgIpc) is 3.34. The number of anilines is 3. The van der Waals surface area contributed by atoms with E-state index in [4.69, 9.17) is 9.47 Å². The second kappa shape index (κ2) is 11.2. The Morgan fingerprint density at radius 1 is 0.947 bits per heavy atom. The van der Waals surface area contributed by atoms with Gasteiger partial charge >= 0.3 is 0 Å². The zero-order valence-electron chi connectivity index (χ0n) is 21.0. The number of thiophene rings is 1. The highest BCUT2D eigenvalue weighted by Gasteiger charge is 2.20. The van der Waals surface area contributed by atoms with E-state index in [0.29, 0.717) is 34.3 Å². The molecule has 0 saturated carbocycles. The number of fused-ring (bicyclic) bond motifs is 1. The molecule has 0 fully saturated rings. The molecule has 1 amide bonds. The van der Waals surface area contributed by atoms with Gasteiger partial charge in [-0.3, -0.25) is 4.79 Å².